The van der Waals surface area contributed by atoms with Gasteiger partial charge in [-0.05, 0) is 120 Å². The number of benzene rings is 11. The van der Waals surface area contributed by atoms with Crippen LogP contribution in [0.1, 0.15) is 47.2 Å². The van der Waals surface area contributed by atoms with Gasteiger partial charge in [0.1, 0.15) is 11.5 Å². The first-order valence-electron chi connectivity index (χ1n) is 23.7. The highest BCUT2D eigenvalue weighted by Gasteiger charge is 2.52. The number of hydrogen-bond donors (Lipinski definition) is 0. The Kier molecular flexibility index (Phi) is 8.28. The molecular weight excluding hydrogens is 823 g/mol. The van der Waals surface area contributed by atoms with E-state index in [0.717, 1.165) is 55.7 Å². The summed E-state index contributed by atoms with van der Waals surface area (Å²) >= 11 is 0. The molecule has 2 nitrogen and oxygen atoms in total. The van der Waals surface area contributed by atoms with Crippen LogP contribution in [0.5, 0.6) is 11.5 Å². The van der Waals surface area contributed by atoms with Crippen LogP contribution in [0.4, 0.5) is 17.1 Å². The Morgan fingerprint density at radius 1 is 0.309 bits per heavy atom. The smallest absolute Gasteiger partial charge is 0.140 e. The molecule has 0 saturated heterocycles. The molecule has 11 aromatic carbocycles. The van der Waals surface area contributed by atoms with Crippen molar-refractivity contribution in [1.29, 1.82) is 0 Å². The van der Waals surface area contributed by atoms with Crippen molar-refractivity contribution in [2.24, 2.45) is 0 Å². The van der Waals surface area contributed by atoms with E-state index in [9.17, 15) is 0 Å². The van der Waals surface area contributed by atoms with E-state index in [1.165, 1.54) is 72.3 Å². The molecular formula is C66H45NO. The third-order valence-electron chi connectivity index (χ3n) is 15.3. The van der Waals surface area contributed by atoms with Crippen LogP contribution < -0.4 is 9.64 Å². The lowest BCUT2D eigenvalue weighted by atomic mass is 9.65. The summed E-state index contributed by atoms with van der Waals surface area (Å²) in [5.41, 5.74) is 20.1. The third-order valence-corrected chi connectivity index (χ3v) is 15.3. The number of hydrogen-bond acceptors (Lipinski definition) is 2. The van der Waals surface area contributed by atoms with E-state index in [1.54, 1.807) is 0 Å². The standard InChI is InChI=1S/C66H45NO/c1-65(2)57-25-12-10-23-53(57)55-36-34-50(41-61(55)65)67(48-32-27-43(28-33-48)42-15-4-3-5-16-42)49-20-14-19-46(39-49)47-29-35-56-54-24-11-13-26-58(54)66(62(56)40-47)59-37-30-44-17-6-8-21-51(44)63(59)68-64-52-22-9-7-18-45(52)31-38-60(64)66/h3-41H,1-2H3. The second kappa shape index (κ2) is 14.5. The van der Waals surface area contributed by atoms with Crippen LogP contribution in [0.25, 0.3) is 66.1 Å². The highest BCUT2D eigenvalue weighted by molar-refractivity contribution is 6.00. The highest BCUT2D eigenvalue weighted by atomic mass is 16.5. The molecule has 2 heteroatoms. The molecule has 0 unspecified atom stereocenters. The Morgan fingerprint density at radius 2 is 0.809 bits per heavy atom. The normalized spacial score (nSPS) is 14.1. The lowest BCUT2D eigenvalue weighted by Crippen LogP contribution is -2.32. The zero-order valence-corrected chi connectivity index (χ0v) is 37.9. The number of nitrogens with zero attached hydrogens (tertiary/aromatic N) is 1. The minimum atomic E-state index is -0.627. The van der Waals surface area contributed by atoms with E-state index in [4.69, 9.17) is 4.74 Å². The molecule has 14 rings (SSSR count). The van der Waals surface area contributed by atoms with Crippen LogP contribution in [-0.2, 0) is 10.8 Å². The molecule has 1 aliphatic heterocycles. The molecule has 0 radical (unpaired) electrons. The maximum atomic E-state index is 7.25. The van der Waals surface area contributed by atoms with Crippen molar-refractivity contribution in [2.45, 2.75) is 24.7 Å². The molecule has 0 aromatic heterocycles. The van der Waals surface area contributed by atoms with Gasteiger partial charge < -0.3 is 9.64 Å². The largest absolute Gasteiger partial charge is 0.455 e. The number of rotatable bonds is 5. The average molecular weight is 868 g/mol. The van der Waals surface area contributed by atoms with Crippen molar-refractivity contribution >= 4 is 38.6 Å². The van der Waals surface area contributed by atoms with Gasteiger partial charge in [0, 0.05) is 44.4 Å². The third kappa shape index (κ3) is 5.46. The van der Waals surface area contributed by atoms with E-state index in [0.29, 0.717) is 0 Å². The summed E-state index contributed by atoms with van der Waals surface area (Å²) < 4.78 is 7.25. The van der Waals surface area contributed by atoms with Crippen molar-refractivity contribution < 1.29 is 4.74 Å². The van der Waals surface area contributed by atoms with Crippen LogP contribution in [-0.4, -0.2) is 0 Å². The fourth-order valence-corrected chi connectivity index (χ4v) is 12.1. The predicted octanol–water partition coefficient (Wildman–Crippen LogP) is 17.6. The first-order chi connectivity index (χ1) is 33.5. The second-order valence-electron chi connectivity index (χ2n) is 19.2. The van der Waals surface area contributed by atoms with E-state index in [1.807, 2.05) is 0 Å². The molecule has 0 amide bonds. The molecule has 2 aliphatic carbocycles. The van der Waals surface area contributed by atoms with Crippen LogP contribution in [0.3, 0.4) is 0 Å². The Hall–Kier alpha value is -8.46. The molecule has 0 fully saturated rings. The lowest BCUT2D eigenvalue weighted by molar-refractivity contribution is 0.447. The Bertz CT molecular complexity index is 3780. The van der Waals surface area contributed by atoms with Gasteiger partial charge in [-0.15, -0.1) is 0 Å². The fraction of sp³-hybridized carbons (Fsp3) is 0.0606. The zero-order chi connectivity index (χ0) is 45.1. The molecule has 0 N–H and O–H groups in total. The monoisotopic (exact) mass is 867 g/mol. The van der Waals surface area contributed by atoms with Gasteiger partial charge in [-0.1, -0.05) is 208 Å². The maximum absolute atomic E-state index is 7.25. The summed E-state index contributed by atoms with van der Waals surface area (Å²) in [6.07, 6.45) is 0. The van der Waals surface area contributed by atoms with Crippen LogP contribution in [0.2, 0.25) is 0 Å². The molecule has 0 saturated carbocycles. The first kappa shape index (κ1) is 38.8. The quantitative estimate of drug-likeness (QED) is 0.171. The van der Waals surface area contributed by atoms with Crippen molar-refractivity contribution in [3.63, 3.8) is 0 Å². The topological polar surface area (TPSA) is 12.5 Å². The molecule has 320 valence electrons. The summed E-state index contributed by atoms with van der Waals surface area (Å²) in [5, 5.41) is 4.57. The van der Waals surface area contributed by atoms with Gasteiger partial charge in [-0.2, -0.15) is 0 Å². The summed E-state index contributed by atoms with van der Waals surface area (Å²) in [7, 11) is 0. The lowest BCUT2D eigenvalue weighted by Gasteiger charge is -2.40. The van der Waals surface area contributed by atoms with Crippen LogP contribution in [0.15, 0.2) is 237 Å². The number of ether oxygens (including phenoxy) is 1. The Morgan fingerprint density at radius 3 is 1.53 bits per heavy atom. The molecule has 0 bridgehead atoms. The minimum Gasteiger partial charge on any atom is -0.455 e. The van der Waals surface area contributed by atoms with Gasteiger partial charge in [0.25, 0.3) is 0 Å². The van der Waals surface area contributed by atoms with E-state index in [-0.39, 0.29) is 5.41 Å². The first-order valence-corrected chi connectivity index (χ1v) is 23.7. The summed E-state index contributed by atoms with van der Waals surface area (Å²) in [6.45, 7) is 4.72. The van der Waals surface area contributed by atoms with Crippen molar-refractivity contribution in [3.8, 4) is 56.0 Å². The fourth-order valence-electron chi connectivity index (χ4n) is 12.1. The van der Waals surface area contributed by atoms with E-state index in [2.05, 4.69) is 255 Å². The average Bonchev–Trinajstić information content (AvgIpc) is 3.81. The van der Waals surface area contributed by atoms with Gasteiger partial charge in [-0.3, -0.25) is 0 Å². The molecule has 0 atom stereocenters. The van der Waals surface area contributed by atoms with E-state index < -0.39 is 5.41 Å². The number of fused-ring (bicyclic) bond motifs is 16. The minimum absolute atomic E-state index is 0.134. The van der Waals surface area contributed by atoms with Crippen molar-refractivity contribution in [3.05, 3.63) is 270 Å². The van der Waals surface area contributed by atoms with Gasteiger partial charge >= 0.3 is 0 Å². The molecule has 1 spiro atoms. The Balaban J connectivity index is 0.967. The van der Waals surface area contributed by atoms with Crippen molar-refractivity contribution in [1.82, 2.24) is 0 Å². The molecule has 68 heavy (non-hydrogen) atoms. The van der Waals surface area contributed by atoms with Crippen LogP contribution >= 0.6 is 0 Å². The van der Waals surface area contributed by atoms with E-state index >= 15 is 0 Å². The predicted molar refractivity (Wildman–Crippen MR) is 282 cm³/mol. The van der Waals surface area contributed by atoms with Gasteiger partial charge in [0.15, 0.2) is 0 Å². The molecule has 11 aromatic rings. The van der Waals surface area contributed by atoms with Gasteiger partial charge in [-0.25, -0.2) is 0 Å². The van der Waals surface area contributed by atoms with Gasteiger partial charge in [0.05, 0.1) is 5.41 Å². The zero-order valence-electron chi connectivity index (χ0n) is 37.9. The summed E-state index contributed by atoms with van der Waals surface area (Å²) in [4.78, 5) is 2.43. The SMILES string of the molecule is CC1(C)c2ccccc2-c2ccc(N(c3ccc(-c4ccccc4)cc3)c3cccc(-c4ccc5c(c4)C4(c6ccccc6-5)c5ccc6ccccc6c5Oc5c4ccc4ccccc54)c3)cc21. The number of anilines is 3. The maximum Gasteiger partial charge on any atom is 0.140 e. The van der Waals surface area contributed by atoms with Crippen molar-refractivity contribution in [2.75, 3.05) is 4.90 Å². The molecule has 1 heterocycles. The summed E-state index contributed by atoms with van der Waals surface area (Å²) in [5.74, 6) is 1.85. The summed E-state index contributed by atoms with van der Waals surface area (Å²) in [6, 6.07) is 87.5. The van der Waals surface area contributed by atoms with Gasteiger partial charge in [0.2, 0.25) is 0 Å². The van der Waals surface area contributed by atoms with Crippen LogP contribution in [0, 0.1) is 0 Å². The second-order valence-corrected chi connectivity index (χ2v) is 19.2. The highest BCUT2D eigenvalue weighted by Crippen LogP contribution is 2.64. The Labute approximate surface area is 397 Å². The molecule has 3 aliphatic rings.